The van der Waals surface area contributed by atoms with Crippen molar-refractivity contribution in [3.63, 3.8) is 0 Å². The number of rotatable bonds is 10. The third-order valence-electron chi connectivity index (χ3n) is 6.00. The number of morpholine rings is 1. The highest BCUT2D eigenvalue weighted by Crippen LogP contribution is 2.18. The van der Waals surface area contributed by atoms with E-state index in [1.54, 1.807) is 0 Å². The molecule has 1 aromatic heterocycles. The van der Waals surface area contributed by atoms with Gasteiger partial charge in [0, 0.05) is 26.1 Å². The first-order valence-corrected chi connectivity index (χ1v) is 11.8. The van der Waals surface area contributed by atoms with Gasteiger partial charge in [-0.05, 0) is 30.5 Å². The minimum absolute atomic E-state index is 0.0598. The van der Waals surface area contributed by atoms with Crippen molar-refractivity contribution in [3.8, 4) is 0 Å². The van der Waals surface area contributed by atoms with Crippen molar-refractivity contribution in [3.05, 3.63) is 66.0 Å². The maximum Gasteiger partial charge on any atom is 0.242 e. The lowest BCUT2D eigenvalue weighted by molar-refractivity contribution is -0.135. The lowest BCUT2D eigenvalue weighted by Gasteiger charge is -2.27. The molecule has 7 heteroatoms. The summed E-state index contributed by atoms with van der Waals surface area (Å²) in [4.78, 5) is 31.6. The summed E-state index contributed by atoms with van der Waals surface area (Å²) in [7, 11) is 0. The molecule has 0 spiro atoms. The molecule has 33 heavy (non-hydrogen) atoms. The predicted octanol–water partition coefficient (Wildman–Crippen LogP) is 2.97. The van der Waals surface area contributed by atoms with Gasteiger partial charge in [0.2, 0.25) is 11.8 Å². The number of carbonyl (C=O) groups excluding carboxylic acids is 2. The fourth-order valence-corrected chi connectivity index (χ4v) is 4.20. The van der Waals surface area contributed by atoms with Crippen molar-refractivity contribution in [2.75, 3.05) is 32.8 Å². The zero-order valence-electron chi connectivity index (χ0n) is 19.0. The van der Waals surface area contributed by atoms with Gasteiger partial charge in [-0.25, -0.2) is 4.98 Å². The van der Waals surface area contributed by atoms with Crippen LogP contribution in [-0.4, -0.2) is 59.1 Å². The molecular formula is C26H32N4O3. The summed E-state index contributed by atoms with van der Waals surface area (Å²) in [6, 6.07) is 17.8. The number of para-hydroxylation sites is 2. The van der Waals surface area contributed by atoms with Crippen molar-refractivity contribution in [2.24, 2.45) is 0 Å². The van der Waals surface area contributed by atoms with Crippen LogP contribution in [0.5, 0.6) is 0 Å². The zero-order chi connectivity index (χ0) is 22.9. The van der Waals surface area contributed by atoms with Crippen LogP contribution in [0.3, 0.4) is 0 Å². The number of nitrogens with zero attached hydrogens (tertiary/aromatic N) is 3. The standard InChI is InChI=1S/C26H32N4O3/c31-25(19-21-9-3-1-4-10-21)27-14-8-2-5-13-24-28-22-11-6-7-12-23(22)30(24)20-26(32)29-15-17-33-18-16-29/h1,3-4,6-7,9-12H,2,5,8,13-20H2,(H,27,31). The second-order valence-electron chi connectivity index (χ2n) is 8.42. The molecule has 1 N–H and O–H groups in total. The van der Waals surface area contributed by atoms with Crippen LogP contribution < -0.4 is 5.32 Å². The van der Waals surface area contributed by atoms with Gasteiger partial charge in [0.1, 0.15) is 12.4 Å². The minimum Gasteiger partial charge on any atom is -0.378 e. The number of fused-ring (bicyclic) bond motifs is 1. The van der Waals surface area contributed by atoms with Crippen molar-refractivity contribution < 1.29 is 14.3 Å². The van der Waals surface area contributed by atoms with Crippen molar-refractivity contribution in [2.45, 2.75) is 38.6 Å². The monoisotopic (exact) mass is 448 g/mol. The fourth-order valence-electron chi connectivity index (χ4n) is 4.20. The Kier molecular flexibility index (Phi) is 8.09. The van der Waals surface area contributed by atoms with Crippen LogP contribution in [0.1, 0.15) is 30.7 Å². The van der Waals surface area contributed by atoms with Crippen LogP contribution in [-0.2, 0) is 33.7 Å². The van der Waals surface area contributed by atoms with Gasteiger partial charge in [-0.3, -0.25) is 9.59 Å². The molecule has 3 aromatic rings. The molecule has 2 aromatic carbocycles. The normalized spacial score (nSPS) is 13.9. The lowest BCUT2D eigenvalue weighted by atomic mass is 10.1. The molecule has 2 amide bonds. The third kappa shape index (κ3) is 6.42. The van der Waals surface area contributed by atoms with E-state index >= 15 is 0 Å². The average Bonchev–Trinajstić information content (AvgIpc) is 3.19. The van der Waals surface area contributed by atoms with Gasteiger partial charge in [-0.15, -0.1) is 0 Å². The van der Waals surface area contributed by atoms with Gasteiger partial charge in [-0.1, -0.05) is 48.9 Å². The smallest absolute Gasteiger partial charge is 0.242 e. The number of imidazole rings is 1. The Morgan fingerprint density at radius 2 is 1.70 bits per heavy atom. The molecule has 2 heterocycles. The highest BCUT2D eigenvalue weighted by atomic mass is 16.5. The van der Waals surface area contributed by atoms with Gasteiger partial charge in [-0.2, -0.15) is 0 Å². The Bertz CT molecular complexity index is 1060. The highest BCUT2D eigenvalue weighted by molar-refractivity contribution is 5.81. The number of unbranched alkanes of at least 4 members (excludes halogenated alkanes) is 2. The maximum absolute atomic E-state index is 12.9. The van der Waals surface area contributed by atoms with Crippen molar-refractivity contribution in [1.82, 2.24) is 19.8 Å². The van der Waals surface area contributed by atoms with Gasteiger partial charge in [0.05, 0.1) is 30.7 Å². The first-order valence-electron chi connectivity index (χ1n) is 11.8. The van der Waals surface area contributed by atoms with Gasteiger partial charge < -0.3 is 19.5 Å². The molecule has 0 aliphatic carbocycles. The van der Waals surface area contributed by atoms with Crippen molar-refractivity contribution in [1.29, 1.82) is 0 Å². The van der Waals surface area contributed by atoms with Gasteiger partial charge in [0.15, 0.2) is 0 Å². The Morgan fingerprint density at radius 3 is 2.52 bits per heavy atom. The van der Waals surface area contributed by atoms with Crippen LogP contribution in [0.2, 0.25) is 0 Å². The SMILES string of the molecule is O=C(Cc1ccccc1)NCCCCCc1nc2ccccc2n1CC(=O)N1CCOCC1. The summed E-state index contributed by atoms with van der Waals surface area (Å²) in [5.41, 5.74) is 2.96. The van der Waals surface area contributed by atoms with Crippen LogP contribution in [0.4, 0.5) is 0 Å². The molecule has 1 aliphatic rings. The molecule has 7 nitrogen and oxygen atoms in total. The number of hydrogen-bond donors (Lipinski definition) is 1. The maximum atomic E-state index is 12.9. The molecule has 4 rings (SSSR count). The Morgan fingerprint density at radius 1 is 0.939 bits per heavy atom. The van der Waals surface area contributed by atoms with E-state index in [1.165, 1.54) is 0 Å². The molecule has 1 saturated heterocycles. The van der Waals surface area contributed by atoms with Crippen molar-refractivity contribution >= 4 is 22.8 Å². The number of ether oxygens (including phenoxy) is 1. The molecule has 0 saturated carbocycles. The van der Waals surface area contributed by atoms with Crippen LogP contribution in [0, 0.1) is 0 Å². The highest BCUT2D eigenvalue weighted by Gasteiger charge is 2.20. The Hall–Kier alpha value is -3.19. The zero-order valence-corrected chi connectivity index (χ0v) is 19.0. The molecular weight excluding hydrogens is 416 g/mol. The van der Waals surface area contributed by atoms with E-state index in [0.717, 1.165) is 48.1 Å². The van der Waals surface area contributed by atoms with Crippen LogP contribution in [0.15, 0.2) is 54.6 Å². The number of aryl methyl sites for hydroxylation is 1. The first kappa shape index (κ1) is 23.0. The summed E-state index contributed by atoms with van der Waals surface area (Å²) < 4.78 is 7.43. The summed E-state index contributed by atoms with van der Waals surface area (Å²) in [6.07, 6.45) is 4.11. The Labute approximate surface area is 194 Å². The topological polar surface area (TPSA) is 76.5 Å². The third-order valence-corrected chi connectivity index (χ3v) is 6.00. The van der Waals surface area contributed by atoms with E-state index in [1.807, 2.05) is 59.5 Å². The van der Waals surface area contributed by atoms with Crippen LogP contribution >= 0.6 is 0 Å². The van der Waals surface area contributed by atoms with E-state index in [9.17, 15) is 9.59 Å². The number of amides is 2. The summed E-state index contributed by atoms with van der Waals surface area (Å²) in [6.45, 7) is 3.49. The van der Waals surface area contributed by atoms with E-state index in [-0.39, 0.29) is 11.8 Å². The summed E-state index contributed by atoms with van der Waals surface area (Å²) in [5, 5.41) is 3.00. The van der Waals surface area contributed by atoms with E-state index in [0.29, 0.717) is 45.8 Å². The molecule has 1 aliphatic heterocycles. The molecule has 0 atom stereocenters. The van der Waals surface area contributed by atoms with E-state index in [2.05, 4.69) is 9.88 Å². The minimum atomic E-state index is 0.0598. The number of benzene rings is 2. The molecule has 1 fully saturated rings. The summed E-state index contributed by atoms with van der Waals surface area (Å²) >= 11 is 0. The lowest BCUT2D eigenvalue weighted by Crippen LogP contribution is -2.42. The van der Waals surface area contributed by atoms with Crippen LogP contribution in [0.25, 0.3) is 11.0 Å². The van der Waals surface area contributed by atoms with Gasteiger partial charge >= 0.3 is 0 Å². The van der Waals surface area contributed by atoms with E-state index in [4.69, 9.17) is 9.72 Å². The van der Waals surface area contributed by atoms with E-state index < -0.39 is 0 Å². The largest absolute Gasteiger partial charge is 0.378 e. The average molecular weight is 449 g/mol. The summed E-state index contributed by atoms with van der Waals surface area (Å²) in [5.74, 6) is 1.12. The number of hydrogen-bond acceptors (Lipinski definition) is 4. The molecule has 0 bridgehead atoms. The molecule has 174 valence electrons. The molecule has 0 radical (unpaired) electrons. The Balaban J connectivity index is 1.26. The second-order valence-corrected chi connectivity index (χ2v) is 8.42. The predicted molar refractivity (Wildman–Crippen MR) is 128 cm³/mol. The first-order chi connectivity index (χ1) is 16.2. The van der Waals surface area contributed by atoms with Gasteiger partial charge in [0.25, 0.3) is 0 Å². The number of aromatic nitrogens is 2. The molecule has 0 unspecified atom stereocenters. The number of carbonyl (C=O) groups is 2. The quantitative estimate of drug-likeness (QED) is 0.484. The number of nitrogens with one attached hydrogen (secondary N) is 1. The second kappa shape index (κ2) is 11.6. The fraction of sp³-hybridized carbons (Fsp3) is 0.423.